The molecular weight excluding hydrogens is 423 g/mol. The summed E-state index contributed by atoms with van der Waals surface area (Å²) in [5.41, 5.74) is 3.47. The number of anilines is 2. The fourth-order valence-corrected chi connectivity index (χ4v) is 3.37. The van der Waals surface area contributed by atoms with E-state index in [0.29, 0.717) is 33.8 Å². The van der Waals surface area contributed by atoms with Gasteiger partial charge in [-0.2, -0.15) is 0 Å². The van der Waals surface area contributed by atoms with E-state index < -0.39 is 0 Å². The second-order valence-corrected chi connectivity index (χ2v) is 7.46. The molecule has 0 aromatic heterocycles. The second-order valence-electron chi connectivity index (χ2n) is 6.65. The van der Waals surface area contributed by atoms with Crippen LogP contribution in [0.3, 0.4) is 0 Å². The van der Waals surface area contributed by atoms with E-state index in [9.17, 15) is 4.79 Å². The molecule has 1 amide bonds. The van der Waals surface area contributed by atoms with E-state index in [2.05, 4.69) is 10.6 Å². The van der Waals surface area contributed by atoms with Crippen LogP contribution in [0.1, 0.15) is 11.1 Å². The lowest BCUT2D eigenvalue weighted by Crippen LogP contribution is -2.20. The summed E-state index contributed by atoms with van der Waals surface area (Å²) < 4.78 is 11.1. The smallest absolute Gasteiger partial charge is 0.262 e. The molecule has 0 heterocycles. The van der Waals surface area contributed by atoms with Gasteiger partial charge in [0.2, 0.25) is 0 Å². The van der Waals surface area contributed by atoms with Gasteiger partial charge in [-0.05, 0) is 54.4 Å². The largest absolute Gasteiger partial charge is 0.493 e. The summed E-state index contributed by atoms with van der Waals surface area (Å²) in [4.78, 5) is 12.2. The SMILES string of the molecule is COc1cc(CNc2ccccc2Cl)cc(Cl)c1OCC(=O)Nc1cccc(C)c1. The maximum Gasteiger partial charge on any atom is 0.262 e. The normalized spacial score (nSPS) is 10.4. The molecule has 0 aliphatic rings. The summed E-state index contributed by atoms with van der Waals surface area (Å²) >= 11 is 12.6. The predicted molar refractivity (Wildman–Crippen MR) is 122 cm³/mol. The van der Waals surface area contributed by atoms with Crippen LogP contribution in [0.15, 0.2) is 60.7 Å². The van der Waals surface area contributed by atoms with E-state index in [1.54, 1.807) is 6.07 Å². The number of hydrogen-bond donors (Lipinski definition) is 2. The highest BCUT2D eigenvalue weighted by Crippen LogP contribution is 2.36. The average Bonchev–Trinajstić information content (AvgIpc) is 2.72. The molecule has 30 heavy (non-hydrogen) atoms. The summed E-state index contributed by atoms with van der Waals surface area (Å²) in [7, 11) is 1.52. The molecule has 0 unspecified atom stereocenters. The zero-order valence-corrected chi connectivity index (χ0v) is 18.2. The van der Waals surface area contributed by atoms with E-state index in [-0.39, 0.29) is 12.5 Å². The molecule has 2 N–H and O–H groups in total. The molecule has 3 aromatic carbocycles. The molecule has 7 heteroatoms. The van der Waals surface area contributed by atoms with E-state index in [1.165, 1.54) is 7.11 Å². The Hall–Kier alpha value is -2.89. The van der Waals surface area contributed by atoms with Gasteiger partial charge in [-0.25, -0.2) is 0 Å². The van der Waals surface area contributed by atoms with Gasteiger partial charge in [-0.15, -0.1) is 0 Å². The minimum absolute atomic E-state index is 0.193. The molecule has 0 aliphatic carbocycles. The van der Waals surface area contributed by atoms with Crippen LogP contribution in [0, 0.1) is 6.92 Å². The van der Waals surface area contributed by atoms with Crippen molar-refractivity contribution in [1.82, 2.24) is 0 Å². The number of nitrogens with one attached hydrogen (secondary N) is 2. The number of methoxy groups -OCH3 is 1. The maximum absolute atomic E-state index is 12.2. The maximum atomic E-state index is 12.2. The molecule has 0 bridgehead atoms. The van der Waals surface area contributed by atoms with Gasteiger partial charge in [-0.3, -0.25) is 4.79 Å². The van der Waals surface area contributed by atoms with Crippen molar-refractivity contribution in [2.45, 2.75) is 13.5 Å². The number of hydrogen-bond acceptors (Lipinski definition) is 4. The minimum Gasteiger partial charge on any atom is -0.493 e. The van der Waals surface area contributed by atoms with Gasteiger partial charge in [-0.1, -0.05) is 47.5 Å². The molecule has 0 fully saturated rings. The van der Waals surface area contributed by atoms with Crippen LogP contribution < -0.4 is 20.1 Å². The molecule has 0 radical (unpaired) electrons. The summed E-state index contributed by atoms with van der Waals surface area (Å²) in [5, 5.41) is 7.04. The molecule has 0 saturated carbocycles. The van der Waals surface area contributed by atoms with Gasteiger partial charge in [0.05, 0.1) is 22.8 Å². The first kappa shape index (κ1) is 21.8. The first-order valence-electron chi connectivity index (χ1n) is 9.30. The Kier molecular flexibility index (Phi) is 7.44. The van der Waals surface area contributed by atoms with Crippen molar-refractivity contribution in [1.29, 1.82) is 0 Å². The van der Waals surface area contributed by atoms with Crippen LogP contribution in [-0.2, 0) is 11.3 Å². The number of benzene rings is 3. The number of rotatable bonds is 8. The number of para-hydroxylation sites is 1. The number of aryl methyl sites for hydroxylation is 1. The molecule has 3 aromatic rings. The van der Waals surface area contributed by atoms with Crippen molar-refractivity contribution in [3.63, 3.8) is 0 Å². The summed E-state index contributed by atoms with van der Waals surface area (Å²) in [6.07, 6.45) is 0. The van der Waals surface area contributed by atoms with Crippen molar-refractivity contribution in [2.75, 3.05) is 24.4 Å². The lowest BCUT2D eigenvalue weighted by atomic mass is 10.2. The number of amides is 1. The zero-order valence-electron chi connectivity index (χ0n) is 16.7. The Balaban J connectivity index is 1.65. The van der Waals surface area contributed by atoms with Crippen molar-refractivity contribution in [3.05, 3.63) is 81.8 Å². The molecule has 0 aliphatic heterocycles. The van der Waals surface area contributed by atoms with Gasteiger partial charge in [0.1, 0.15) is 0 Å². The number of carbonyl (C=O) groups excluding carboxylic acids is 1. The Labute approximate surface area is 185 Å². The molecule has 5 nitrogen and oxygen atoms in total. The number of ether oxygens (including phenoxy) is 2. The van der Waals surface area contributed by atoms with Crippen LogP contribution >= 0.6 is 23.2 Å². The lowest BCUT2D eigenvalue weighted by molar-refractivity contribution is -0.118. The first-order valence-corrected chi connectivity index (χ1v) is 10.1. The lowest BCUT2D eigenvalue weighted by Gasteiger charge is -2.15. The Bertz CT molecular complexity index is 1040. The predicted octanol–water partition coefficient (Wildman–Crippen LogP) is 5.94. The Morgan fingerprint density at radius 2 is 1.80 bits per heavy atom. The molecule has 156 valence electrons. The van der Waals surface area contributed by atoms with Crippen LogP contribution in [0.4, 0.5) is 11.4 Å². The molecule has 0 spiro atoms. The van der Waals surface area contributed by atoms with E-state index in [4.69, 9.17) is 32.7 Å². The van der Waals surface area contributed by atoms with Gasteiger partial charge >= 0.3 is 0 Å². The van der Waals surface area contributed by atoms with Gasteiger partial charge < -0.3 is 20.1 Å². The van der Waals surface area contributed by atoms with Gasteiger partial charge in [0.15, 0.2) is 18.1 Å². The highest BCUT2D eigenvalue weighted by Gasteiger charge is 2.14. The minimum atomic E-state index is -0.289. The topological polar surface area (TPSA) is 59.6 Å². The Morgan fingerprint density at radius 3 is 2.53 bits per heavy atom. The van der Waals surface area contributed by atoms with E-state index in [1.807, 2.05) is 61.5 Å². The standard InChI is InChI=1S/C23H22Cl2N2O3/c1-15-6-5-7-17(10-15)27-22(28)14-30-23-19(25)11-16(12-21(23)29-2)13-26-20-9-4-3-8-18(20)24/h3-12,26H,13-14H2,1-2H3,(H,27,28). The van der Waals surface area contributed by atoms with Crippen LogP contribution in [0.5, 0.6) is 11.5 Å². The third-order valence-corrected chi connectivity index (χ3v) is 4.91. The average molecular weight is 445 g/mol. The molecule has 0 atom stereocenters. The van der Waals surface area contributed by atoms with Crippen molar-refractivity contribution in [2.24, 2.45) is 0 Å². The third-order valence-electron chi connectivity index (χ3n) is 4.30. The number of halogens is 2. The Morgan fingerprint density at radius 1 is 1.00 bits per heavy atom. The molecular formula is C23H22Cl2N2O3. The van der Waals surface area contributed by atoms with Crippen molar-refractivity contribution in [3.8, 4) is 11.5 Å². The quantitative estimate of drug-likeness (QED) is 0.451. The van der Waals surface area contributed by atoms with Crippen LogP contribution in [0.25, 0.3) is 0 Å². The van der Waals surface area contributed by atoms with Crippen LogP contribution in [0.2, 0.25) is 10.0 Å². The first-order chi connectivity index (χ1) is 14.5. The van der Waals surface area contributed by atoms with Gasteiger partial charge in [0, 0.05) is 12.2 Å². The summed E-state index contributed by atoms with van der Waals surface area (Å²) in [6, 6.07) is 18.6. The second kappa shape index (κ2) is 10.2. The summed E-state index contributed by atoms with van der Waals surface area (Å²) in [5.74, 6) is 0.477. The van der Waals surface area contributed by atoms with Crippen molar-refractivity contribution < 1.29 is 14.3 Å². The van der Waals surface area contributed by atoms with E-state index in [0.717, 1.165) is 16.8 Å². The highest BCUT2D eigenvalue weighted by molar-refractivity contribution is 6.33. The fraction of sp³-hybridized carbons (Fsp3) is 0.174. The fourth-order valence-electron chi connectivity index (χ4n) is 2.87. The highest BCUT2D eigenvalue weighted by atomic mass is 35.5. The zero-order chi connectivity index (χ0) is 21.5. The molecule has 3 rings (SSSR count). The monoisotopic (exact) mass is 444 g/mol. The third kappa shape index (κ3) is 5.81. The van der Waals surface area contributed by atoms with E-state index >= 15 is 0 Å². The molecule has 0 saturated heterocycles. The summed E-state index contributed by atoms with van der Waals surface area (Å²) in [6.45, 7) is 2.26. The van der Waals surface area contributed by atoms with Crippen molar-refractivity contribution >= 4 is 40.5 Å². The number of carbonyl (C=O) groups is 1. The van der Waals surface area contributed by atoms with Gasteiger partial charge in [0.25, 0.3) is 5.91 Å². The van der Waals surface area contributed by atoms with Crippen LogP contribution in [-0.4, -0.2) is 19.6 Å².